The van der Waals surface area contributed by atoms with E-state index in [9.17, 15) is 14.4 Å². The maximum absolute atomic E-state index is 13.5. The molecule has 0 unspecified atom stereocenters. The van der Waals surface area contributed by atoms with E-state index in [1.54, 1.807) is 93.8 Å². The van der Waals surface area contributed by atoms with Crippen LogP contribution >= 0.6 is 11.8 Å². The minimum absolute atomic E-state index is 0.0170. The van der Waals surface area contributed by atoms with Crippen molar-refractivity contribution in [1.29, 1.82) is 0 Å². The fraction of sp³-hybridized carbons (Fsp3) is 0.118. The van der Waals surface area contributed by atoms with Gasteiger partial charge in [-0.05, 0) is 74.5 Å². The Balaban J connectivity index is 1.30. The number of carbonyl (C=O) groups is 3. The summed E-state index contributed by atoms with van der Waals surface area (Å²) in [6.45, 7) is 3.52. The van der Waals surface area contributed by atoms with Crippen molar-refractivity contribution in [3.8, 4) is 17.1 Å². The van der Waals surface area contributed by atoms with Crippen molar-refractivity contribution in [2.24, 2.45) is 0 Å². The Morgan fingerprint density at radius 1 is 0.911 bits per heavy atom. The molecule has 0 fully saturated rings. The Kier molecular flexibility index (Phi) is 9.80. The number of para-hydroxylation sites is 1. The number of hydrogen-bond acceptors (Lipinski definition) is 8. The van der Waals surface area contributed by atoms with Gasteiger partial charge in [-0.25, -0.2) is 0 Å². The molecule has 1 atom stereocenters. The van der Waals surface area contributed by atoms with Gasteiger partial charge in [-0.3, -0.25) is 14.4 Å². The van der Waals surface area contributed by atoms with Crippen LogP contribution in [0, 0.1) is 6.92 Å². The summed E-state index contributed by atoms with van der Waals surface area (Å²) in [6.07, 6.45) is 1.47. The van der Waals surface area contributed by atoms with Gasteiger partial charge < -0.3 is 29.6 Å². The molecule has 5 rings (SSSR count). The minimum atomic E-state index is -0.550. The van der Waals surface area contributed by atoms with E-state index in [1.807, 2.05) is 24.3 Å². The number of aromatic nitrogens is 1. The molecule has 0 spiro atoms. The number of anilines is 2. The topological polar surface area (TPSA) is 136 Å². The summed E-state index contributed by atoms with van der Waals surface area (Å²) in [7, 11) is 1.58. The maximum atomic E-state index is 13.5. The number of nitrogens with one attached hydrogen (secondary N) is 3. The van der Waals surface area contributed by atoms with Gasteiger partial charge in [-0.2, -0.15) is 0 Å². The van der Waals surface area contributed by atoms with Crippen molar-refractivity contribution in [2.75, 3.05) is 17.7 Å². The van der Waals surface area contributed by atoms with E-state index in [0.717, 1.165) is 10.5 Å². The highest BCUT2D eigenvalue weighted by Gasteiger charge is 2.19. The van der Waals surface area contributed by atoms with Gasteiger partial charge >= 0.3 is 0 Å². The highest BCUT2D eigenvalue weighted by Crippen LogP contribution is 2.31. The van der Waals surface area contributed by atoms with Gasteiger partial charge in [0.1, 0.15) is 28.7 Å². The summed E-state index contributed by atoms with van der Waals surface area (Å²) in [5, 5.41) is 11.6. The molecular weight excluding hydrogens is 592 g/mol. The average Bonchev–Trinajstić information content (AvgIpc) is 3.70. The van der Waals surface area contributed by atoms with Crippen molar-refractivity contribution < 1.29 is 28.1 Å². The molecule has 45 heavy (non-hydrogen) atoms. The predicted molar refractivity (Wildman–Crippen MR) is 173 cm³/mol. The molecule has 10 nitrogen and oxygen atoms in total. The fourth-order valence-corrected chi connectivity index (χ4v) is 5.10. The van der Waals surface area contributed by atoms with Crippen LogP contribution in [-0.2, 0) is 9.59 Å². The lowest BCUT2D eigenvalue weighted by atomic mass is 10.1. The maximum Gasteiger partial charge on any atom is 0.272 e. The second-order valence-electron chi connectivity index (χ2n) is 9.83. The van der Waals surface area contributed by atoms with Crippen LogP contribution in [0.3, 0.4) is 0 Å². The highest BCUT2D eigenvalue weighted by atomic mass is 32.2. The molecule has 3 amide bonds. The van der Waals surface area contributed by atoms with E-state index in [4.69, 9.17) is 13.7 Å². The second-order valence-corrected chi connectivity index (χ2v) is 11.2. The van der Waals surface area contributed by atoms with Crippen LogP contribution in [0.1, 0.15) is 28.8 Å². The molecule has 0 aliphatic rings. The van der Waals surface area contributed by atoms with Crippen molar-refractivity contribution in [1.82, 2.24) is 10.5 Å². The van der Waals surface area contributed by atoms with Gasteiger partial charge in [0.2, 0.25) is 5.91 Å². The molecule has 0 aliphatic heterocycles. The lowest BCUT2D eigenvalue weighted by molar-refractivity contribution is -0.115. The quantitative estimate of drug-likeness (QED) is 0.108. The van der Waals surface area contributed by atoms with Gasteiger partial charge in [-0.15, -0.1) is 11.8 Å². The molecule has 228 valence electrons. The third-order valence-electron chi connectivity index (χ3n) is 6.49. The van der Waals surface area contributed by atoms with Gasteiger partial charge in [-0.1, -0.05) is 35.5 Å². The number of methoxy groups -OCH3 is 1. The lowest BCUT2D eigenvalue weighted by Gasteiger charge is -2.13. The smallest absolute Gasteiger partial charge is 0.272 e. The van der Waals surface area contributed by atoms with E-state index >= 15 is 0 Å². The second kappa shape index (κ2) is 14.3. The number of nitrogens with zero attached hydrogens (tertiary/aromatic N) is 1. The molecule has 0 bridgehead atoms. The summed E-state index contributed by atoms with van der Waals surface area (Å²) < 4.78 is 16.4. The van der Waals surface area contributed by atoms with Crippen LogP contribution in [0.2, 0.25) is 0 Å². The number of amides is 3. The number of furan rings is 1. The molecule has 11 heteroatoms. The first kappa shape index (κ1) is 30.9. The molecule has 0 saturated heterocycles. The van der Waals surface area contributed by atoms with Crippen LogP contribution < -0.4 is 20.7 Å². The SMILES string of the molecule is COc1ccccc1-c1ccc(/C=C(\NC(=O)c2ccccc2)C(=O)Nc2ccc(S[C@H](C)C(=O)Nc3cc(C)on3)cc2)o1. The van der Waals surface area contributed by atoms with Crippen molar-refractivity contribution >= 4 is 47.1 Å². The van der Waals surface area contributed by atoms with Crippen molar-refractivity contribution in [3.05, 3.63) is 120 Å². The van der Waals surface area contributed by atoms with Gasteiger partial charge in [0.15, 0.2) is 5.82 Å². The third kappa shape index (κ3) is 8.09. The van der Waals surface area contributed by atoms with E-state index < -0.39 is 17.1 Å². The van der Waals surface area contributed by atoms with Crippen LogP contribution in [0.15, 0.2) is 117 Å². The van der Waals surface area contributed by atoms with Gasteiger partial charge in [0.25, 0.3) is 11.8 Å². The lowest BCUT2D eigenvalue weighted by Crippen LogP contribution is -2.30. The van der Waals surface area contributed by atoms with Crippen LogP contribution in [0.25, 0.3) is 17.4 Å². The van der Waals surface area contributed by atoms with Crippen LogP contribution in [-0.4, -0.2) is 35.2 Å². The molecule has 3 N–H and O–H groups in total. The minimum Gasteiger partial charge on any atom is -0.496 e. The Morgan fingerprint density at radius 3 is 2.36 bits per heavy atom. The summed E-state index contributed by atoms with van der Waals surface area (Å²) in [5.41, 5.74) is 1.62. The summed E-state index contributed by atoms with van der Waals surface area (Å²) in [4.78, 5) is 39.8. The first-order valence-corrected chi connectivity index (χ1v) is 14.8. The number of carbonyl (C=O) groups excluding carboxylic acids is 3. The summed E-state index contributed by atoms with van der Waals surface area (Å²) in [5.74, 6) is 1.27. The van der Waals surface area contributed by atoms with E-state index in [0.29, 0.717) is 40.1 Å². The van der Waals surface area contributed by atoms with Gasteiger partial charge in [0, 0.05) is 28.3 Å². The number of thioether (sulfide) groups is 1. The summed E-state index contributed by atoms with van der Waals surface area (Å²) >= 11 is 1.35. The molecule has 2 heterocycles. The first-order valence-electron chi connectivity index (χ1n) is 13.9. The molecule has 5 aromatic rings. The van der Waals surface area contributed by atoms with E-state index in [1.165, 1.54) is 17.8 Å². The number of ether oxygens (including phenoxy) is 1. The standard InChI is InChI=1S/C34H30N4O6S/c1-21-19-31(38-44-21)37-32(39)22(2)45-26-16-13-24(14-17-26)35-34(41)28(36-33(40)23-9-5-4-6-10-23)20-25-15-18-30(43-25)27-11-7-8-12-29(27)42-3/h4-20,22H,1-3H3,(H,35,41)(H,36,40)(H,37,38,39)/b28-20-/t22-/m1/s1. The molecule has 0 aliphatic carbocycles. The summed E-state index contributed by atoms with van der Waals surface area (Å²) in [6, 6.07) is 28.1. The predicted octanol–water partition coefficient (Wildman–Crippen LogP) is 6.78. The zero-order valence-electron chi connectivity index (χ0n) is 24.7. The highest BCUT2D eigenvalue weighted by molar-refractivity contribution is 8.00. The fourth-order valence-electron chi connectivity index (χ4n) is 4.23. The molecule has 3 aromatic carbocycles. The zero-order chi connectivity index (χ0) is 31.8. The van der Waals surface area contributed by atoms with Crippen LogP contribution in [0.5, 0.6) is 5.75 Å². The number of hydrogen-bond donors (Lipinski definition) is 3. The monoisotopic (exact) mass is 622 g/mol. The largest absolute Gasteiger partial charge is 0.496 e. The molecule has 0 saturated carbocycles. The Labute approximate surface area is 263 Å². The third-order valence-corrected chi connectivity index (χ3v) is 7.60. The average molecular weight is 623 g/mol. The molecule has 0 radical (unpaired) electrons. The Morgan fingerprint density at radius 2 is 1.64 bits per heavy atom. The van der Waals surface area contributed by atoms with Crippen molar-refractivity contribution in [2.45, 2.75) is 24.0 Å². The normalized spacial score (nSPS) is 11.8. The zero-order valence-corrected chi connectivity index (χ0v) is 25.5. The number of rotatable bonds is 11. The first-order chi connectivity index (χ1) is 21.8. The van der Waals surface area contributed by atoms with E-state index in [-0.39, 0.29) is 11.6 Å². The number of aryl methyl sites for hydroxylation is 1. The van der Waals surface area contributed by atoms with E-state index in [2.05, 4.69) is 21.1 Å². The molecule has 2 aromatic heterocycles. The Bertz CT molecular complexity index is 1830. The Hall–Kier alpha value is -5.55. The van der Waals surface area contributed by atoms with Crippen LogP contribution in [0.4, 0.5) is 11.5 Å². The van der Waals surface area contributed by atoms with Crippen molar-refractivity contribution in [3.63, 3.8) is 0 Å². The number of benzene rings is 3. The molecular formula is C34H30N4O6S. The van der Waals surface area contributed by atoms with Gasteiger partial charge in [0.05, 0.1) is 17.9 Å².